The summed E-state index contributed by atoms with van der Waals surface area (Å²) < 4.78 is 5.15. The van der Waals surface area contributed by atoms with Crippen LogP contribution in [-0.4, -0.2) is 17.6 Å². The van der Waals surface area contributed by atoms with Crippen molar-refractivity contribution in [2.75, 3.05) is 7.11 Å². The summed E-state index contributed by atoms with van der Waals surface area (Å²) in [6.07, 6.45) is 0. The van der Waals surface area contributed by atoms with E-state index in [2.05, 4.69) is 4.74 Å². The zero-order valence-corrected chi connectivity index (χ0v) is 7.74. The van der Waals surface area contributed by atoms with Gasteiger partial charge in [-0.3, -0.25) is 14.4 Å². The number of rotatable bonds is 2. The minimum Gasteiger partial charge on any atom is -0.468 e. The van der Waals surface area contributed by atoms with Crippen molar-refractivity contribution < 1.29 is 9.53 Å². The average molecular weight is 207 g/mol. The van der Waals surface area contributed by atoms with Crippen molar-refractivity contribution in [2.45, 2.75) is 6.54 Å². The molecule has 0 aliphatic rings. The fourth-order valence-corrected chi connectivity index (χ4v) is 2.20. The van der Waals surface area contributed by atoms with Gasteiger partial charge in [-0.25, -0.2) is 4.57 Å². The van der Waals surface area contributed by atoms with Gasteiger partial charge >= 0.3 is 15.7 Å². The summed E-state index contributed by atoms with van der Waals surface area (Å²) >= 11 is 0. The Balaban J connectivity index is 2.96. The molecule has 1 aromatic heterocycles. The van der Waals surface area contributed by atoms with E-state index in [1.165, 1.54) is 7.11 Å². The first kappa shape index (κ1) is 9.14. The molecule has 5 nitrogen and oxygen atoms in total. The molecule has 0 aliphatic carbocycles. The average Bonchev–Trinajstić information content (AvgIpc) is 2.35. The summed E-state index contributed by atoms with van der Waals surface area (Å²) in [7, 11) is 2.83. The summed E-state index contributed by atoms with van der Waals surface area (Å²) in [5, 5.41) is 0. The lowest BCUT2D eigenvalue weighted by atomic mass is 10.6. The van der Waals surface area contributed by atoms with Gasteiger partial charge in [0.2, 0.25) is 0 Å². The molecule has 1 heterocycles. The fourth-order valence-electron chi connectivity index (χ4n) is 0.559. The first-order valence-electron chi connectivity index (χ1n) is 2.92. The number of hydrogen-bond acceptors (Lipinski definition) is 6. The van der Waals surface area contributed by atoms with Crippen LogP contribution in [0.25, 0.3) is 0 Å². The smallest absolute Gasteiger partial charge is 0.326 e. The molecule has 7 heteroatoms. The Morgan fingerprint density at radius 3 is 2.33 bits per heavy atom. The van der Waals surface area contributed by atoms with E-state index in [0.29, 0.717) is 0 Å². The van der Waals surface area contributed by atoms with E-state index in [9.17, 15) is 14.4 Å². The summed E-state index contributed by atoms with van der Waals surface area (Å²) in [4.78, 5) is 31.6. The number of methoxy groups -OCH3 is 1. The maximum absolute atomic E-state index is 10.9. The van der Waals surface area contributed by atoms with Gasteiger partial charge in [-0.05, 0) is 20.7 Å². The zero-order chi connectivity index (χ0) is 9.14. The van der Waals surface area contributed by atoms with E-state index in [0.717, 1.165) is 25.2 Å². The Morgan fingerprint density at radius 1 is 1.42 bits per heavy atom. The second-order valence-electron chi connectivity index (χ2n) is 1.86. The van der Waals surface area contributed by atoms with Gasteiger partial charge in [0.1, 0.15) is 6.54 Å². The van der Waals surface area contributed by atoms with Crippen LogP contribution >= 0.6 is 20.7 Å². The van der Waals surface area contributed by atoms with Gasteiger partial charge in [0, 0.05) is 0 Å². The molecule has 0 radical (unpaired) electrons. The van der Waals surface area contributed by atoms with Crippen LogP contribution in [0, 0.1) is 0 Å². The third-order valence-corrected chi connectivity index (χ3v) is 3.05. The van der Waals surface area contributed by atoms with Crippen LogP contribution in [0.2, 0.25) is 0 Å². The van der Waals surface area contributed by atoms with Crippen molar-refractivity contribution in [1.82, 2.24) is 4.57 Å². The van der Waals surface area contributed by atoms with Gasteiger partial charge in [-0.1, -0.05) is 0 Å². The second kappa shape index (κ2) is 3.63. The van der Waals surface area contributed by atoms with Crippen LogP contribution in [0.3, 0.4) is 0 Å². The van der Waals surface area contributed by atoms with Crippen molar-refractivity contribution in [3.63, 3.8) is 0 Å². The molecule has 0 fully saturated rings. The van der Waals surface area contributed by atoms with E-state index in [-0.39, 0.29) is 6.54 Å². The molecule has 0 aliphatic heterocycles. The molecular formula is C5H5NO4S2. The lowest BCUT2D eigenvalue weighted by Crippen LogP contribution is -2.28. The minimum atomic E-state index is -0.597. The summed E-state index contributed by atoms with van der Waals surface area (Å²) in [6, 6.07) is 0. The van der Waals surface area contributed by atoms with Gasteiger partial charge in [0.15, 0.2) is 0 Å². The van der Waals surface area contributed by atoms with Gasteiger partial charge in [-0.2, -0.15) is 0 Å². The lowest BCUT2D eigenvalue weighted by molar-refractivity contribution is -0.141. The number of ether oxygens (including phenoxy) is 1. The van der Waals surface area contributed by atoms with Crippen molar-refractivity contribution in [3.8, 4) is 0 Å². The molecule has 1 rings (SSSR count). The fraction of sp³-hybridized carbons (Fsp3) is 0.400. The Kier molecular flexibility index (Phi) is 2.77. The lowest BCUT2D eigenvalue weighted by Gasteiger charge is -1.95. The Labute approximate surface area is 74.2 Å². The molecule has 1 aromatic rings. The predicted octanol–water partition coefficient (Wildman–Crippen LogP) is -0.495. The van der Waals surface area contributed by atoms with E-state index >= 15 is 0 Å². The number of hydrogen-bond donors (Lipinski definition) is 0. The highest BCUT2D eigenvalue weighted by Gasteiger charge is 2.08. The van der Waals surface area contributed by atoms with Crippen molar-refractivity contribution >= 4 is 26.7 Å². The summed E-state index contributed by atoms with van der Waals surface area (Å²) in [6.45, 7) is -0.297. The van der Waals surface area contributed by atoms with E-state index in [1.54, 1.807) is 0 Å². The van der Waals surface area contributed by atoms with Crippen LogP contribution in [-0.2, 0) is 16.1 Å². The molecule has 0 saturated carbocycles. The van der Waals surface area contributed by atoms with Crippen LogP contribution in [0.4, 0.5) is 0 Å². The predicted molar refractivity (Wildman–Crippen MR) is 44.7 cm³/mol. The minimum absolute atomic E-state index is 0.297. The highest BCUT2D eigenvalue weighted by Crippen LogP contribution is 1.91. The number of carbonyl (C=O) groups is 1. The Hall–Kier alpha value is -0.950. The highest BCUT2D eigenvalue weighted by atomic mass is 32.9. The van der Waals surface area contributed by atoms with Gasteiger partial charge in [0.25, 0.3) is 0 Å². The molecule has 0 aromatic carbocycles. The third-order valence-electron chi connectivity index (χ3n) is 1.14. The molecule has 0 spiro atoms. The standard InChI is InChI=1S/C5H5NO4S2/c1-10-3(7)2-6-4(8)11-12-5(6)9/h2H2,1H3. The van der Waals surface area contributed by atoms with Crippen molar-refractivity contribution in [1.29, 1.82) is 0 Å². The topological polar surface area (TPSA) is 65.4 Å². The van der Waals surface area contributed by atoms with Gasteiger partial charge < -0.3 is 4.74 Å². The summed E-state index contributed by atoms with van der Waals surface area (Å²) in [5.74, 6) is -0.597. The number of nitrogens with zero attached hydrogens (tertiary/aromatic N) is 1. The number of carbonyl (C=O) groups excluding carboxylic acids is 1. The van der Waals surface area contributed by atoms with Gasteiger partial charge in [-0.15, -0.1) is 0 Å². The van der Waals surface area contributed by atoms with E-state index in [1.807, 2.05) is 0 Å². The molecule has 12 heavy (non-hydrogen) atoms. The quantitative estimate of drug-likeness (QED) is 0.484. The molecule has 0 N–H and O–H groups in total. The third kappa shape index (κ3) is 1.80. The molecule has 0 atom stereocenters. The first-order valence-corrected chi connectivity index (χ1v) is 5.07. The zero-order valence-electron chi connectivity index (χ0n) is 6.10. The Bertz CT molecular complexity index is 359. The van der Waals surface area contributed by atoms with Crippen LogP contribution < -0.4 is 9.75 Å². The molecule has 0 saturated heterocycles. The number of aromatic nitrogens is 1. The first-order chi connectivity index (χ1) is 5.65. The van der Waals surface area contributed by atoms with Crippen molar-refractivity contribution in [2.24, 2.45) is 0 Å². The molecule has 0 amide bonds. The van der Waals surface area contributed by atoms with Crippen molar-refractivity contribution in [3.05, 3.63) is 19.3 Å². The largest absolute Gasteiger partial charge is 0.468 e. The van der Waals surface area contributed by atoms with Crippen LogP contribution in [0.5, 0.6) is 0 Å². The monoisotopic (exact) mass is 207 g/mol. The van der Waals surface area contributed by atoms with E-state index in [4.69, 9.17) is 0 Å². The summed E-state index contributed by atoms with van der Waals surface area (Å²) in [5.41, 5.74) is 0. The maximum atomic E-state index is 10.9. The molecule has 66 valence electrons. The Morgan fingerprint density at radius 2 is 1.92 bits per heavy atom. The van der Waals surface area contributed by atoms with Crippen LogP contribution in [0.1, 0.15) is 0 Å². The SMILES string of the molecule is COC(=O)Cn1c(=O)ssc1=O. The molecular weight excluding hydrogens is 202 g/mol. The maximum Gasteiger partial charge on any atom is 0.326 e. The van der Waals surface area contributed by atoms with Crippen LogP contribution in [0.15, 0.2) is 9.59 Å². The molecule has 0 unspecified atom stereocenters. The number of esters is 1. The second-order valence-corrected chi connectivity index (χ2v) is 3.89. The highest BCUT2D eigenvalue weighted by molar-refractivity contribution is 7.67. The van der Waals surface area contributed by atoms with E-state index < -0.39 is 15.7 Å². The molecule has 0 bridgehead atoms. The normalized spacial score (nSPS) is 9.75. The van der Waals surface area contributed by atoms with Gasteiger partial charge in [0.05, 0.1) is 7.11 Å².